The summed E-state index contributed by atoms with van der Waals surface area (Å²) in [5.74, 6) is 0. The number of rotatable bonds is 6. The van der Waals surface area contributed by atoms with Crippen LogP contribution in [0, 0.1) is 0 Å². The lowest BCUT2D eigenvalue weighted by molar-refractivity contribution is 0.0159. The highest BCUT2D eigenvalue weighted by Crippen LogP contribution is 2.28. The van der Waals surface area contributed by atoms with E-state index >= 15 is 0 Å². The van der Waals surface area contributed by atoms with Crippen molar-refractivity contribution in [3.05, 3.63) is 0 Å². The van der Waals surface area contributed by atoms with Gasteiger partial charge in [0.05, 0.1) is 0 Å². The second kappa shape index (κ2) is 6.19. The maximum Gasteiger partial charge on any atom is 0.0304 e. The summed E-state index contributed by atoms with van der Waals surface area (Å²) in [4.78, 5) is 2.74. The van der Waals surface area contributed by atoms with E-state index in [1.807, 2.05) is 0 Å². The molecule has 0 saturated carbocycles. The highest BCUT2D eigenvalue weighted by molar-refractivity contribution is 5.00. The highest BCUT2D eigenvalue weighted by atomic mass is 15.3. The maximum atomic E-state index is 3.77. The van der Waals surface area contributed by atoms with Gasteiger partial charge >= 0.3 is 0 Å². The molecule has 1 N–H and O–H groups in total. The van der Waals surface area contributed by atoms with Gasteiger partial charge in [0.15, 0.2) is 0 Å². The standard InChI is InChI=1S/C15H32N2/c1-6-9-10-11-17-13-14(4,7-2)16-12-15(17,5)8-3/h16H,6-13H2,1-5H3. The minimum Gasteiger partial charge on any atom is -0.308 e. The molecule has 102 valence electrons. The van der Waals surface area contributed by atoms with Gasteiger partial charge in [-0.3, -0.25) is 4.90 Å². The van der Waals surface area contributed by atoms with Crippen LogP contribution < -0.4 is 5.32 Å². The lowest BCUT2D eigenvalue weighted by Crippen LogP contribution is -2.67. The van der Waals surface area contributed by atoms with Crippen molar-refractivity contribution in [1.29, 1.82) is 0 Å². The summed E-state index contributed by atoms with van der Waals surface area (Å²) in [7, 11) is 0. The van der Waals surface area contributed by atoms with E-state index in [1.54, 1.807) is 0 Å². The Bertz CT molecular complexity index is 229. The number of hydrogen-bond acceptors (Lipinski definition) is 2. The van der Waals surface area contributed by atoms with Gasteiger partial charge in [-0.05, 0) is 39.7 Å². The van der Waals surface area contributed by atoms with E-state index in [1.165, 1.54) is 45.2 Å². The SMILES string of the molecule is CCCCCN1CC(C)(CC)NCC1(C)CC. The van der Waals surface area contributed by atoms with Crippen LogP contribution in [0.2, 0.25) is 0 Å². The van der Waals surface area contributed by atoms with E-state index in [0.717, 1.165) is 6.54 Å². The zero-order chi connectivity index (χ0) is 12.9. The van der Waals surface area contributed by atoms with Gasteiger partial charge in [-0.2, -0.15) is 0 Å². The molecule has 0 aromatic heterocycles. The Balaban J connectivity index is 2.63. The Morgan fingerprint density at radius 3 is 2.29 bits per heavy atom. The van der Waals surface area contributed by atoms with Crippen molar-refractivity contribution >= 4 is 0 Å². The van der Waals surface area contributed by atoms with Crippen LogP contribution in [0.3, 0.4) is 0 Å². The second-order valence-electron chi connectivity index (χ2n) is 6.25. The van der Waals surface area contributed by atoms with Crippen LogP contribution in [0.25, 0.3) is 0 Å². The van der Waals surface area contributed by atoms with Crippen molar-refractivity contribution in [2.45, 2.75) is 77.8 Å². The van der Waals surface area contributed by atoms with Crippen molar-refractivity contribution in [3.63, 3.8) is 0 Å². The van der Waals surface area contributed by atoms with Crippen molar-refractivity contribution in [2.75, 3.05) is 19.6 Å². The smallest absolute Gasteiger partial charge is 0.0304 e. The van der Waals surface area contributed by atoms with Gasteiger partial charge in [-0.15, -0.1) is 0 Å². The monoisotopic (exact) mass is 240 g/mol. The van der Waals surface area contributed by atoms with E-state index in [-0.39, 0.29) is 0 Å². The van der Waals surface area contributed by atoms with Crippen LogP contribution in [-0.4, -0.2) is 35.6 Å². The van der Waals surface area contributed by atoms with Gasteiger partial charge in [0.25, 0.3) is 0 Å². The Morgan fingerprint density at radius 1 is 1.06 bits per heavy atom. The lowest BCUT2D eigenvalue weighted by Gasteiger charge is -2.52. The maximum absolute atomic E-state index is 3.77. The summed E-state index contributed by atoms with van der Waals surface area (Å²) in [6.07, 6.45) is 6.50. The molecule has 2 heteroatoms. The molecule has 1 aliphatic rings. The summed E-state index contributed by atoms with van der Waals surface area (Å²) in [6, 6.07) is 0. The zero-order valence-corrected chi connectivity index (χ0v) is 12.6. The normalized spacial score (nSPS) is 35.1. The minimum atomic E-state index is 0.320. The molecule has 2 unspecified atom stereocenters. The fourth-order valence-corrected chi connectivity index (χ4v) is 2.67. The van der Waals surface area contributed by atoms with Crippen LogP contribution >= 0.6 is 0 Å². The number of piperazine rings is 1. The summed E-state index contributed by atoms with van der Waals surface area (Å²) < 4.78 is 0. The molecule has 0 amide bonds. The van der Waals surface area contributed by atoms with Crippen molar-refractivity contribution < 1.29 is 0 Å². The second-order valence-corrected chi connectivity index (χ2v) is 6.25. The van der Waals surface area contributed by atoms with Crippen LogP contribution in [0.4, 0.5) is 0 Å². The van der Waals surface area contributed by atoms with E-state index in [2.05, 4.69) is 44.8 Å². The molecule has 0 radical (unpaired) electrons. The van der Waals surface area contributed by atoms with Gasteiger partial charge < -0.3 is 5.32 Å². The molecule has 0 aromatic rings. The molecule has 1 saturated heterocycles. The van der Waals surface area contributed by atoms with E-state index in [0.29, 0.717) is 11.1 Å². The van der Waals surface area contributed by atoms with Crippen LogP contribution in [0.15, 0.2) is 0 Å². The van der Waals surface area contributed by atoms with Gasteiger partial charge in [0.2, 0.25) is 0 Å². The van der Waals surface area contributed by atoms with Gasteiger partial charge in [-0.25, -0.2) is 0 Å². The van der Waals surface area contributed by atoms with Gasteiger partial charge in [-0.1, -0.05) is 33.6 Å². The molecule has 1 fully saturated rings. The first-order valence-corrected chi connectivity index (χ1v) is 7.50. The molecule has 0 bridgehead atoms. The summed E-state index contributed by atoms with van der Waals surface area (Å²) >= 11 is 0. The predicted octanol–water partition coefficient (Wildman–Crippen LogP) is 3.42. The molecule has 2 nitrogen and oxygen atoms in total. The zero-order valence-electron chi connectivity index (χ0n) is 12.6. The quantitative estimate of drug-likeness (QED) is 0.716. The first-order valence-electron chi connectivity index (χ1n) is 7.50. The van der Waals surface area contributed by atoms with Crippen LogP contribution in [0.1, 0.15) is 66.7 Å². The Labute approximate surface area is 108 Å². The molecule has 1 heterocycles. The van der Waals surface area contributed by atoms with E-state index < -0.39 is 0 Å². The number of hydrogen-bond donors (Lipinski definition) is 1. The fraction of sp³-hybridized carbons (Fsp3) is 1.00. The van der Waals surface area contributed by atoms with Crippen molar-refractivity contribution in [3.8, 4) is 0 Å². The summed E-state index contributed by atoms with van der Waals surface area (Å²) in [5.41, 5.74) is 0.684. The summed E-state index contributed by atoms with van der Waals surface area (Å²) in [5, 5.41) is 3.77. The Kier molecular flexibility index (Phi) is 5.46. The van der Waals surface area contributed by atoms with E-state index in [4.69, 9.17) is 0 Å². The van der Waals surface area contributed by atoms with Crippen LogP contribution in [0.5, 0.6) is 0 Å². The molecule has 17 heavy (non-hydrogen) atoms. The third-order valence-corrected chi connectivity index (χ3v) is 4.77. The first kappa shape index (κ1) is 15.0. The van der Waals surface area contributed by atoms with Gasteiger partial charge in [0.1, 0.15) is 0 Å². The predicted molar refractivity (Wildman–Crippen MR) is 76.5 cm³/mol. The van der Waals surface area contributed by atoms with Gasteiger partial charge in [0, 0.05) is 24.2 Å². The molecular formula is C15H32N2. The molecule has 2 atom stereocenters. The molecule has 1 aliphatic heterocycles. The first-order chi connectivity index (χ1) is 7.99. The average Bonchev–Trinajstić information content (AvgIpc) is 2.34. The largest absolute Gasteiger partial charge is 0.308 e. The lowest BCUT2D eigenvalue weighted by atomic mass is 9.85. The van der Waals surface area contributed by atoms with Crippen molar-refractivity contribution in [2.24, 2.45) is 0 Å². The third kappa shape index (κ3) is 3.69. The molecule has 0 spiro atoms. The minimum absolute atomic E-state index is 0.320. The number of unbranched alkanes of at least 4 members (excludes halogenated alkanes) is 2. The van der Waals surface area contributed by atoms with Crippen LogP contribution in [-0.2, 0) is 0 Å². The van der Waals surface area contributed by atoms with E-state index in [9.17, 15) is 0 Å². The molecule has 1 rings (SSSR count). The number of nitrogens with zero attached hydrogens (tertiary/aromatic N) is 1. The fourth-order valence-electron chi connectivity index (χ4n) is 2.67. The summed E-state index contributed by atoms with van der Waals surface area (Å²) in [6.45, 7) is 15.3. The Hall–Kier alpha value is -0.0800. The molecule has 0 aromatic carbocycles. The average molecular weight is 240 g/mol. The number of nitrogens with one attached hydrogen (secondary N) is 1. The molecular weight excluding hydrogens is 208 g/mol. The molecule has 0 aliphatic carbocycles. The highest BCUT2D eigenvalue weighted by Gasteiger charge is 2.40. The topological polar surface area (TPSA) is 15.3 Å². The Morgan fingerprint density at radius 2 is 1.76 bits per heavy atom. The van der Waals surface area contributed by atoms with Crippen molar-refractivity contribution in [1.82, 2.24) is 10.2 Å². The third-order valence-electron chi connectivity index (χ3n) is 4.77.